The number of ketones is 2. The van der Waals surface area contributed by atoms with Crippen molar-refractivity contribution in [3.8, 4) is 11.3 Å². The maximum absolute atomic E-state index is 12.9. The largest absolute Gasteiger partial charge is 0.457 e. The number of nitrogens with one attached hydrogen (secondary N) is 2. The molecular weight excluding hydrogens is 531 g/mol. The summed E-state index contributed by atoms with van der Waals surface area (Å²) < 4.78 is 5.74. The summed E-state index contributed by atoms with van der Waals surface area (Å²) in [5.41, 5.74) is 2.44. The lowest BCUT2D eigenvalue weighted by Crippen LogP contribution is -2.33. The fourth-order valence-electron chi connectivity index (χ4n) is 3.93. The third kappa shape index (κ3) is 4.97. The molecule has 0 bridgehead atoms. The highest BCUT2D eigenvalue weighted by atomic mass is 35.5. The van der Waals surface area contributed by atoms with E-state index in [1.54, 1.807) is 72.8 Å². The summed E-state index contributed by atoms with van der Waals surface area (Å²) in [6, 6.07) is 20.1. The Morgan fingerprint density at radius 1 is 0.811 bits per heavy atom. The summed E-state index contributed by atoms with van der Waals surface area (Å²) in [7, 11) is 0. The van der Waals surface area contributed by atoms with Gasteiger partial charge >= 0.3 is 0 Å². The van der Waals surface area contributed by atoms with Crippen molar-refractivity contribution in [1.29, 1.82) is 0 Å². The molecule has 1 aliphatic rings. The molecule has 0 radical (unpaired) electrons. The first-order valence-corrected chi connectivity index (χ1v) is 12.1. The minimum absolute atomic E-state index is 0.0235. The SMILES string of the molecule is O=C(C=Cc1ccc(-c2cccc(Cl)c2Cl)o1)NC(=S)Nc1ccc2c(c1)C(=O)c1ccccc1C2=O. The molecule has 0 atom stereocenters. The average molecular weight is 547 g/mol. The number of thiocarbonyl (C=S) groups is 1. The second-order valence-electron chi connectivity index (χ2n) is 8.04. The standard InChI is InChI=1S/C28H16Cl2N2O4S/c29-22-7-3-6-20(25(22)30)23-12-9-16(36-23)10-13-24(33)32-28(37)31-15-8-11-19-21(14-15)27(35)18-5-2-1-4-17(18)26(19)34/h1-14H,(H2,31,32,33,37). The number of carbonyl (C=O) groups excluding carboxylic acids is 3. The zero-order chi connectivity index (χ0) is 26.1. The Labute approximate surface area is 226 Å². The van der Waals surface area contributed by atoms with Crippen LogP contribution in [-0.2, 0) is 4.79 Å². The molecule has 0 aliphatic heterocycles. The number of furan rings is 1. The van der Waals surface area contributed by atoms with Crippen LogP contribution in [0.1, 0.15) is 37.6 Å². The molecule has 0 unspecified atom stereocenters. The van der Waals surface area contributed by atoms with Crippen molar-refractivity contribution in [2.24, 2.45) is 0 Å². The van der Waals surface area contributed by atoms with Crippen LogP contribution in [0.3, 0.4) is 0 Å². The van der Waals surface area contributed by atoms with Gasteiger partial charge in [0.05, 0.1) is 10.0 Å². The molecule has 0 fully saturated rings. The van der Waals surface area contributed by atoms with E-state index < -0.39 is 5.91 Å². The van der Waals surface area contributed by atoms with Gasteiger partial charge in [-0.2, -0.15) is 0 Å². The van der Waals surface area contributed by atoms with E-state index in [0.29, 0.717) is 49.5 Å². The van der Waals surface area contributed by atoms with E-state index in [-0.39, 0.29) is 22.2 Å². The minimum Gasteiger partial charge on any atom is -0.457 e. The lowest BCUT2D eigenvalue weighted by Gasteiger charge is -2.18. The number of rotatable bonds is 4. The molecule has 182 valence electrons. The summed E-state index contributed by atoms with van der Waals surface area (Å²) in [5, 5.41) is 6.21. The van der Waals surface area contributed by atoms with E-state index >= 15 is 0 Å². The lowest BCUT2D eigenvalue weighted by atomic mass is 9.84. The van der Waals surface area contributed by atoms with Gasteiger partial charge in [0.1, 0.15) is 11.5 Å². The number of amides is 1. The maximum atomic E-state index is 12.9. The minimum atomic E-state index is -0.491. The predicted octanol–water partition coefficient (Wildman–Crippen LogP) is 6.56. The molecular formula is C28H16Cl2N2O4S. The molecule has 1 amide bonds. The molecule has 1 aliphatic carbocycles. The van der Waals surface area contributed by atoms with Crippen LogP contribution in [0.15, 0.2) is 83.3 Å². The molecule has 3 aromatic carbocycles. The Balaban J connectivity index is 1.23. The fourth-order valence-corrected chi connectivity index (χ4v) is 4.54. The van der Waals surface area contributed by atoms with Gasteiger partial charge in [0.2, 0.25) is 5.91 Å². The summed E-state index contributed by atoms with van der Waals surface area (Å²) in [4.78, 5) is 38.0. The smallest absolute Gasteiger partial charge is 0.250 e. The number of carbonyl (C=O) groups is 3. The molecule has 37 heavy (non-hydrogen) atoms. The normalized spacial score (nSPS) is 12.3. The maximum Gasteiger partial charge on any atom is 0.250 e. The highest BCUT2D eigenvalue weighted by Gasteiger charge is 2.29. The first-order valence-electron chi connectivity index (χ1n) is 11.0. The summed E-state index contributed by atoms with van der Waals surface area (Å²) in [5.74, 6) is -0.0134. The third-order valence-electron chi connectivity index (χ3n) is 5.66. The van der Waals surface area contributed by atoms with E-state index in [1.807, 2.05) is 0 Å². The van der Waals surface area contributed by atoms with Crippen LogP contribution in [0.5, 0.6) is 0 Å². The molecule has 6 nitrogen and oxygen atoms in total. The van der Waals surface area contributed by atoms with Gasteiger partial charge < -0.3 is 9.73 Å². The Hall–Kier alpha value is -4.04. The molecule has 0 spiro atoms. The number of anilines is 1. The molecule has 4 aromatic rings. The van der Waals surface area contributed by atoms with Gasteiger partial charge in [-0.1, -0.05) is 53.5 Å². The van der Waals surface area contributed by atoms with Crippen LogP contribution in [0.4, 0.5) is 5.69 Å². The van der Waals surface area contributed by atoms with Crippen LogP contribution < -0.4 is 10.6 Å². The van der Waals surface area contributed by atoms with Gasteiger partial charge in [0, 0.05) is 39.6 Å². The highest BCUT2D eigenvalue weighted by molar-refractivity contribution is 7.80. The van der Waals surface area contributed by atoms with Gasteiger partial charge in [-0.25, -0.2) is 0 Å². The summed E-state index contributed by atoms with van der Waals surface area (Å²) in [6.45, 7) is 0. The molecule has 1 heterocycles. The quantitative estimate of drug-likeness (QED) is 0.196. The fraction of sp³-hybridized carbons (Fsp3) is 0. The van der Waals surface area contributed by atoms with Crippen LogP contribution >= 0.6 is 35.4 Å². The van der Waals surface area contributed by atoms with Crippen molar-refractivity contribution in [3.63, 3.8) is 0 Å². The first kappa shape index (κ1) is 24.6. The number of hydrogen-bond acceptors (Lipinski definition) is 5. The van der Waals surface area contributed by atoms with Crippen molar-refractivity contribution in [2.45, 2.75) is 0 Å². The highest BCUT2D eigenvalue weighted by Crippen LogP contribution is 2.34. The molecule has 9 heteroatoms. The van der Waals surface area contributed by atoms with Crippen molar-refractivity contribution in [3.05, 3.63) is 117 Å². The molecule has 2 N–H and O–H groups in total. The number of halogens is 2. The van der Waals surface area contributed by atoms with Crippen LogP contribution in [-0.4, -0.2) is 22.6 Å². The molecule has 0 saturated heterocycles. The predicted molar refractivity (Wildman–Crippen MR) is 147 cm³/mol. The van der Waals surface area contributed by atoms with E-state index in [0.717, 1.165) is 0 Å². The van der Waals surface area contributed by atoms with E-state index in [1.165, 1.54) is 12.2 Å². The van der Waals surface area contributed by atoms with Gasteiger partial charge in [-0.15, -0.1) is 0 Å². The van der Waals surface area contributed by atoms with Gasteiger partial charge in [-0.3, -0.25) is 19.7 Å². The van der Waals surface area contributed by atoms with Crippen LogP contribution in [0.25, 0.3) is 17.4 Å². The van der Waals surface area contributed by atoms with Crippen molar-refractivity contribution >= 4 is 69.8 Å². The summed E-state index contributed by atoms with van der Waals surface area (Å²) >= 11 is 17.5. The van der Waals surface area contributed by atoms with Gasteiger partial charge in [0.15, 0.2) is 16.7 Å². The molecule has 1 aromatic heterocycles. The molecule has 0 saturated carbocycles. The van der Waals surface area contributed by atoms with Crippen molar-refractivity contribution < 1.29 is 18.8 Å². The lowest BCUT2D eigenvalue weighted by molar-refractivity contribution is -0.115. The Morgan fingerprint density at radius 3 is 2.24 bits per heavy atom. The topological polar surface area (TPSA) is 88.4 Å². The van der Waals surface area contributed by atoms with E-state index in [2.05, 4.69) is 10.6 Å². The van der Waals surface area contributed by atoms with E-state index in [9.17, 15) is 14.4 Å². The third-order valence-corrected chi connectivity index (χ3v) is 6.69. The van der Waals surface area contributed by atoms with Crippen LogP contribution in [0, 0.1) is 0 Å². The first-order chi connectivity index (χ1) is 17.8. The number of benzene rings is 3. The average Bonchev–Trinajstić information content (AvgIpc) is 3.36. The monoisotopic (exact) mass is 546 g/mol. The Morgan fingerprint density at radius 2 is 1.49 bits per heavy atom. The van der Waals surface area contributed by atoms with Gasteiger partial charge in [-0.05, 0) is 60.8 Å². The molecule has 5 rings (SSSR count). The van der Waals surface area contributed by atoms with Crippen molar-refractivity contribution in [1.82, 2.24) is 5.32 Å². The van der Waals surface area contributed by atoms with E-state index in [4.69, 9.17) is 39.8 Å². The number of hydrogen-bond donors (Lipinski definition) is 2. The second kappa shape index (κ2) is 10.1. The van der Waals surface area contributed by atoms with Gasteiger partial charge in [0.25, 0.3) is 0 Å². The number of fused-ring (bicyclic) bond motifs is 2. The zero-order valence-electron chi connectivity index (χ0n) is 18.9. The Bertz CT molecular complexity index is 1640. The second-order valence-corrected chi connectivity index (χ2v) is 9.24. The zero-order valence-corrected chi connectivity index (χ0v) is 21.2. The Kier molecular flexibility index (Phi) is 6.76. The van der Waals surface area contributed by atoms with Crippen molar-refractivity contribution in [2.75, 3.05) is 5.32 Å². The van der Waals surface area contributed by atoms with Crippen LogP contribution in [0.2, 0.25) is 10.0 Å². The summed E-state index contributed by atoms with van der Waals surface area (Å²) in [6.07, 6.45) is 2.75.